The summed E-state index contributed by atoms with van der Waals surface area (Å²) in [5.41, 5.74) is 3.84. The molecule has 88 valence electrons. The molecule has 1 unspecified atom stereocenters. The van der Waals surface area contributed by atoms with Crippen molar-refractivity contribution in [2.45, 2.75) is 6.10 Å². The highest BCUT2D eigenvalue weighted by Gasteiger charge is 2.16. The number of nitrogens with zero attached hydrogens (tertiary/aromatic N) is 1. The molecule has 0 fully saturated rings. The number of benzene rings is 1. The molecule has 5 heteroatoms. The maximum atomic E-state index is 9.92. The first-order valence-corrected chi connectivity index (χ1v) is 5.15. The van der Waals surface area contributed by atoms with Crippen LogP contribution in [0.15, 0.2) is 18.2 Å². The number of aliphatic hydroxyl groups is 1. The number of hydrazine groups is 1. The average Bonchev–Trinajstić information content (AvgIpc) is 2.72. The molecule has 16 heavy (non-hydrogen) atoms. The van der Waals surface area contributed by atoms with E-state index < -0.39 is 6.10 Å². The molecule has 0 amide bonds. The van der Waals surface area contributed by atoms with Gasteiger partial charge >= 0.3 is 0 Å². The highest BCUT2D eigenvalue weighted by molar-refractivity contribution is 5.45. The van der Waals surface area contributed by atoms with Crippen LogP contribution in [0.2, 0.25) is 0 Å². The smallest absolute Gasteiger partial charge is 0.231 e. The van der Waals surface area contributed by atoms with E-state index in [9.17, 15) is 5.11 Å². The van der Waals surface area contributed by atoms with Gasteiger partial charge in [-0.05, 0) is 17.7 Å². The van der Waals surface area contributed by atoms with Crippen LogP contribution in [0.3, 0.4) is 0 Å². The third-order valence-electron chi connectivity index (χ3n) is 2.38. The van der Waals surface area contributed by atoms with Gasteiger partial charge in [0.05, 0.1) is 6.10 Å². The van der Waals surface area contributed by atoms with Crippen LogP contribution in [-0.2, 0) is 0 Å². The summed E-state index contributed by atoms with van der Waals surface area (Å²) in [6.07, 6.45) is -0.558. The Hall–Kier alpha value is -1.30. The SMILES string of the molecule is CN(C)NCC(O)c1ccc2c(c1)OCO2. The zero-order chi connectivity index (χ0) is 11.5. The highest BCUT2D eigenvalue weighted by atomic mass is 16.7. The lowest BCUT2D eigenvalue weighted by Crippen LogP contribution is -2.33. The van der Waals surface area contributed by atoms with Crippen molar-refractivity contribution in [3.63, 3.8) is 0 Å². The van der Waals surface area contributed by atoms with Crippen LogP contribution < -0.4 is 14.9 Å². The van der Waals surface area contributed by atoms with Gasteiger partial charge in [0.25, 0.3) is 0 Å². The van der Waals surface area contributed by atoms with E-state index in [1.165, 1.54) is 0 Å². The van der Waals surface area contributed by atoms with Gasteiger partial charge in [-0.25, -0.2) is 0 Å². The van der Waals surface area contributed by atoms with Crippen molar-refractivity contribution in [3.8, 4) is 11.5 Å². The standard InChI is InChI=1S/C11H16N2O3/c1-13(2)12-6-9(14)8-3-4-10-11(5-8)16-7-15-10/h3-5,9,12,14H,6-7H2,1-2H3. The zero-order valence-corrected chi connectivity index (χ0v) is 9.43. The van der Waals surface area contributed by atoms with Crippen molar-refractivity contribution in [2.75, 3.05) is 27.4 Å². The van der Waals surface area contributed by atoms with E-state index in [1.54, 1.807) is 5.01 Å². The van der Waals surface area contributed by atoms with E-state index in [0.717, 1.165) is 11.3 Å². The van der Waals surface area contributed by atoms with Crippen molar-refractivity contribution in [2.24, 2.45) is 0 Å². The molecule has 0 radical (unpaired) electrons. The van der Waals surface area contributed by atoms with Gasteiger partial charge in [-0.2, -0.15) is 0 Å². The van der Waals surface area contributed by atoms with Gasteiger partial charge in [-0.1, -0.05) is 6.07 Å². The predicted octanol–water partition coefficient (Wildman–Crippen LogP) is 0.515. The van der Waals surface area contributed by atoms with E-state index >= 15 is 0 Å². The van der Waals surface area contributed by atoms with Crippen LogP contribution in [0.5, 0.6) is 11.5 Å². The summed E-state index contributed by atoms with van der Waals surface area (Å²) in [7, 11) is 3.76. The molecule has 1 aliphatic rings. The average molecular weight is 224 g/mol. The Kier molecular flexibility index (Phi) is 3.28. The lowest BCUT2D eigenvalue weighted by molar-refractivity contribution is 0.141. The Bertz CT molecular complexity index is 368. The third-order valence-corrected chi connectivity index (χ3v) is 2.38. The lowest BCUT2D eigenvalue weighted by atomic mass is 10.1. The molecule has 0 bridgehead atoms. The predicted molar refractivity (Wildman–Crippen MR) is 59.2 cm³/mol. The summed E-state index contributed by atoms with van der Waals surface area (Å²) in [5, 5.41) is 11.7. The molecule has 2 rings (SSSR count). The van der Waals surface area contributed by atoms with Gasteiger partial charge in [0.1, 0.15) is 0 Å². The van der Waals surface area contributed by atoms with Crippen molar-refractivity contribution < 1.29 is 14.6 Å². The van der Waals surface area contributed by atoms with Crippen molar-refractivity contribution in [3.05, 3.63) is 23.8 Å². The fourth-order valence-corrected chi connectivity index (χ4v) is 1.51. The largest absolute Gasteiger partial charge is 0.454 e. The quantitative estimate of drug-likeness (QED) is 0.730. The van der Waals surface area contributed by atoms with Crippen LogP contribution in [0.25, 0.3) is 0 Å². The first kappa shape index (κ1) is 11.2. The van der Waals surface area contributed by atoms with E-state index in [2.05, 4.69) is 5.43 Å². The monoisotopic (exact) mass is 224 g/mol. The van der Waals surface area contributed by atoms with Gasteiger partial charge in [0, 0.05) is 20.6 Å². The normalized spacial score (nSPS) is 15.5. The Morgan fingerprint density at radius 1 is 1.38 bits per heavy atom. The second-order valence-corrected chi connectivity index (χ2v) is 3.89. The minimum atomic E-state index is -0.558. The summed E-state index contributed by atoms with van der Waals surface area (Å²) >= 11 is 0. The summed E-state index contributed by atoms with van der Waals surface area (Å²) in [6, 6.07) is 5.47. The first-order chi connectivity index (χ1) is 7.66. The molecule has 1 atom stereocenters. The molecule has 1 aliphatic heterocycles. The third kappa shape index (κ3) is 2.44. The van der Waals surface area contributed by atoms with Gasteiger partial charge < -0.3 is 14.6 Å². The molecule has 1 aromatic carbocycles. The van der Waals surface area contributed by atoms with Gasteiger partial charge in [0.15, 0.2) is 11.5 Å². The van der Waals surface area contributed by atoms with E-state index in [0.29, 0.717) is 12.3 Å². The molecule has 1 heterocycles. The molecule has 0 saturated heterocycles. The number of hydrogen-bond donors (Lipinski definition) is 2. The Labute approximate surface area is 94.6 Å². The molecule has 1 aromatic rings. The van der Waals surface area contributed by atoms with Gasteiger partial charge in [0.2, 0.25) is 6.79 Å². The summed E-state index contributed by atoms with van der Waals surface area (Å²) < 4.78 is 10.5. The molecule has 2 N–H and O–H groups in total. The number of ether oxygens (including phenoxy) is 2. The second-order valence-electron chi connectivity index (χ2n) is 3.89. The Morgan fingerprint density at radius 3 is 2.88 bits per heavy atom. The van der Waals surface area contributed by atoms with Crippen molar-refractivity contribution >= 4 is 0 Å². The molecule has 0 saturated carbocycles. The van der Waals surface area contributed by atoms with Crippen LogP contribution >= 0.6 is 0 Å². The summed E-state index contributed by atoms with van der Waals surface area (Å²) in [6.45, 7) is 0.720. The van der Waals surface area contributed by atoms with E-state index in [4.69, 9.17) is 9.47 Å². The number of nitrogens with one attached hydrogen (secondary N) is 1. The minimum Gasteiger partial charge on any atom is -0.454 e. The fraction of sp³-hybridized carbons (Fsp3) is 0.455. The Morgan fingerprint density at radius 2 is 2.12 bits per heavy atom. The van der Waals surface area contributed by atoms with E-state index in [-0.39, 0.29) is 6.79 Å². The number of hydrogen-bond acceptors (Lipinski definition) is 5. The topological polar surface area (TPSA) is 54.0 Å². The van der Waals surface area contributed by atoms with Crippen LogP contribution in [-0.4, -0.2) is 37.5 Å². The van der Waals surface area contributed by atoms with Crippen molar-refractivity contribution in [1.82, 2.24) is 10.4 Å². The Balaban J connectivity index is 2.03. The molecule has 0 spiro atoms. The number of fused-ring (bicyclic) bond motifs is 1. The van der Waals surface area contributed by atoms with Crippen LogP contribution in [0.1, 0.15) is 11.7 Å². The van der Waals surface area contributed by atoms with Crippen LogP contribution in [0.4, 0.5) is 0 Å². The number of aliphatic hydroxyl groups excluding tert-OH is 1. The second kappa shape index (κ2) is 4.69. The zero-order valence-electron chi connectivity index (χ0n) is 9.43. The minimum absolute atomic E-state index is 0.255. The van der Waals surface area contributed by atoms with Gasteiger partial charge in [-0.3, -0.25) is 10.4 Å². The fourth-order valence-electron chi connectivity index (χ4n) is 1.51. The van der Waals surface area contributed by atoms with Gasteiger partial charge in [-0.15, -0.1) is 0 Å². The summed E-state index contributed by atoms with van der Waals surface area (Å²) in [5.74, 6) is 1.43. The molecule has 0 aromatic heterocycles. The number of rotatable bonds is 4. The maximum absolute atomic E-state index is 9.92. The maximum Gasteiger partial charge on any atom is 0.231 e. The molecule has 5 nitrogen and oxygen atoms in total. The molecular weight excluding hydrogens is 208 g/mol. The highest BCUT2D eigenvalue weighted by Crippen LogP contribution is 2.33. The van der Waals surface area contributed by atoms with Crippen molar-refractivity contribution in [1.29, 1.82) is 0 Å². The summed E-state index contributed by atoms with van der Waals surface area (Å²) in [4.78, 5) is 0. The lowest BCUT2D eigenvalue weighted by Gasteiger charge is -2.16. The molecule has 0 aliphatic carbocycles. The molecular formula is C11H16N2O3. The van der Waals surface area contributed by atoms with Crippen LogP contribution in [0, 0.1) is 0 Å². The first-order valence-electron chi connectivity index (χ1n) is 5.15. The van der Waals surface area contributed by atoms with E-state index in [1.807, 2.05) is 32.3 Å².